The lowest BCUT2D eigenvalue weighted by molar-refractivity contribution is 0.218. The molecule has 3 rings (SSSR count). The van der Waals surface area contributed by atoms with Crippen LogP contribution in [0.25, 0.3) is 11.4 Å². The molecule has 1 aromatic carbocycles. The molecule has 2 atom stereocenters. The van der Waals surface area contributed by atoms with Crippen LogP contribution in [0, 0.1) is 5.92 Å². The minimum atomic E-state index is 0. The van der Waals surface area contributed by atoms with Crippen molar-refractivity contribution in [2.24, 2.45) is 11.7 Å². The third-order valence-electron chi connectivity index (χ3n) is 3.96. The zero-order valence-electron chi connectivity index (χ0n) is 12.1. The van der Waals surface area contributed by atoms with Gasteiger partial charge in [0.2, 0.25) is 11.7 Å². The Kier molecular flexibility index (Phi) is 5.33. The summed E-state index contributed by atoms with van der Waals surface area (Å²) in [5.41, 5.74) is 6.74. The number of halogens is 1. The van der Waals surface area contributed by atoms with Crippen molar-refractivity contribution < 1.29 is 4.52 Å². The first kappa shape index (κ1) is 15.9. The van der Waals surface area contributed by atoms with Crippen LogP contribution in [0.4, 0.5) is 0 Å². The SMILES string of the molecule is CC1CC(CN)CN1Cc1nc(-c2ccccc2)no1.Cl. The van der Waals surface area contributed by atoms with Gasteiger partial charge in [-0.1, -0.05) is 35.5 Å². The molecule has 21 heavy (non-hydrogen) atoms. The Morgan fingerprint density at radius 1 is 1.33 bits per heavy atom. The summed E-state index contributed by atoms with van der Waals surface area (Å²) in [6.07, 6.45) is 1.15. The van der Waals surface area contributed by atoms with Gasteiger partial charge in [0.1, 0.15) is 0 Å². The summed E-state index contributed by atoms with van der Waals surface area (Å²) in [4.78, 5) is 6.84. The Morgan fingerprint density at radius 2 is 2.10 bits per heavy atom. The normalized spacial score (nSPS) is 22.2. The van der Waals surface area contributed by atoms with Gasteiger partial charge in [-0.15, -0.1) is 12.4 Å². The van der Waals surface area contributed by atoms with E-state index in [0.29, 0.717) is 30.2 Å². The van der Waals surface area contributed by atoms with Gasteiger partial charge in [-0.3, -0.25) is 4.90 Å². The quantitative estimate of drug-likeness (QED) is 0.939. The van der Waals surface area contributed by atoms with Crippen LogP contribution in [0.3, 0.4) is 0 Å². The average molecular weight is 309 g/mol. The van der Waals surface area contributed by atoms with E-state index in [1.807, 2.05) is 30.3 Å². The van der Waals surface area contributed by atoms with Crippen LogP contribution in [0.5, 0.6) is 0 Å². The van der Waals surface area contributed by atoms with E-state index in [-0.39, 0.29) is 12.4 Å². The van der Waals surface area contributed by atoms with Crippen molar-refractivity contribution in [2.75, 3.05) is 13.1 Å². The topological polar surface area (TPSA) is 68.2 Å². The molecule has 114 valence electrons. The summed E-state index contributed by atoms with van der Waals surface area (Å²) < 4.78 is 5.36. The smallest absolute Gasteiger partial charge is 0.241 e. The van der Waals surface area contributed by atoms with E-state index < -0.39 is 0 Å². The fraction of sp³-hybridized carbons (Fsp3) is 0.467. The van der Waals surface area contributed by atoms with Gasteiger partial charge in [0.15, 0.2) is 0 Å². The summed E-state index contributed by atoms with van der Waals surface area (Å²) in [5, 5.41) is 4.06. The van der Waals surface area contributed by atoms with Crippen LogP contribution < -0.4 is 5.73 Å². The Morgan fingerprint density at radius 3 is 2.76 bits per heavy atom. The number of aromatic nitrogens is 2. The highest BCUT2D eigenvalue weighted by Crippen LogP contribution is 2.24. The molecular weight excluding hydrogens is 288 g/mol. The van der Waals surface area contributed by atoms with E-state index >= 15 is 0 Å². The Labute approximate surface area is 130 Å². The molecule has 1 aliphatic rings. The van der Waals surface area contributed by atoms with Crippen molar-refractivity contribution in [1.29, 1.82) is 0 Å². The van der Waals surface area contributed by atoms with E-state index in [0.717, 1.165) is 25.1 Å². The van der Waals surface area contributed by atoms with Crippen molar-refractivity contribution in [3.05, 3.63) is 36.2 Å². The van der Waals surface area contributed by atoms with E-state index in [9.17, 15) is 0 Å². The molecule has 2 aromatic rings. The average Bonchev–Trinajstić information content (AvgIpc) is 3.08. The van der Waals surface area contributed by atoms with Crippen LogP contribution in [0.1, 0.15) is 19.2 Å². The second kappa shape index (κ2) is 7.02. The molecule has 0 aliphatic carbocycles. The molecule has 1 aromatic heterocycles. The van der Waals surface area contributed by atoms with Crippen molar-refractivity contribution >= 4 is 12.4 Å². The van der Waals surface area contributed by atoms with Crippen LogP contribution in [0.15, 0.2) is 34.9 Å². The Balaban J connectivity index is 0.00000161. The van der Waals surface area contributed by atoms with Crippen LogP contribution >= 0.6 is 12.4 Å². The summed E-state index contributed by atoms with van der Waals surface area (Å²) in [5.74, 6) is 1.91. The number of benzene rings is 1. The van der Waals surface area contributed by atoms with E-state index in [1.165, 1.54) is 0 Å². The molecule has 2 unspecified atom stereocenters. The maximum Gasteiger partial charge on any atom is 0.241 e. The lowest BCUT2D eigenvalue weighted by Crippen LogP contribution is -2.27. The molecule has 2 heterocycles. The molecule has 2 N–H and O–H groups in total. The lowest BCUT2D eigenvalue weighted by Gasteiger charge is -2.18. The van der Waals surface area contributed by atoms with E-state index in [2.05, 4.69) is 22.0 Å². The first-order chi connectivity index (χ1) is 9.76. The minimum absolute atomic E-state index is 0. The van der Waals surface area contributed by atoms with Gasteiger partial charge in [-0.25, -0.2) is 0 Å². The summed E-state index contributed by atoms with van der Waals surface area (Å²) in [7, 11) is 0. The highest BCUT2D eigenvalue weighted by atomic mass is 35.5. The molecular formula is C15H21ClN4O. The fourth-order valence-electron chi connectivity index (χ4n) is 2.81. The number of hydrogen-bond donors (Lipinski definition) is 1. The third kappa shape index (κ3) is 3.61. The molecule has 0 radical (unpaired) electrons. The van der Waals surface area contributed by atoms with Gasteiger partial charge in [0.25, 0.3) is 0 Å². The predicted molar refractivity (Wildman–Crippen MR) is 84.0 cm³/mol. The van der Waals surface area contributed by atoms with E-state index in [1.54, 1.807) is 0 Å². The fourth-order valence-corrected chi connectivity index (χ4v) is 2.81. The molecule has 6 heteroatoms. The summed E-state index contributed by atoms with van der Waals surface area (Å²) in [6.45, 7) is 4.70. The van der Waals surface area contributed by atoms with Gasteiger partial charge in [0.05, 0.1) is 6.54 Å². The first-order valence-corrected chi connectivity index (χ1v) is 7.08. The molecule has 0 amide bonds. The van der Waals surface area contributed by atoms with E-state index in [4.69, 9.17) is 10.3 Å². The molecule has 1 saturated heterocycles. The largest absolute Gasteiger partial charge is 0.338 e. The van der Waals surface area contributed by atoms with Crippen LogP contribution in [-0.4, -0.2) is 34.2 Å². The molecule has 1 fully saturated rings. The second-order valence-electron chi connectivity index (χ2n) is 5.49. The van der Waals surface area contributed by atoms with Crippen molar-refractivity contribution in [3.8, 4) is 11.4 Å². The van der Waals surface area contributed by atoms with Gasteiger partial charge in [-0.05, 0) is 25.8 Å². The monoisotopic (exact) mass is 308 g/mol. The molecule has 0 saturated carbocycles. The predicted octanol–water partition coefficient (Wildman–Crippen LogP) is 2.33. The molecule has 0 spiro atoms. The highest BCUT2D eigenvalue weighted by molar-refractivity contribution is 5.85. The molecule has 1 aliphatic heterocycles. The maximum absolute atomic E-state index is 5.75. The van der Waals surface area contributed by atoms with Gasteiger partial charge >= 0.3 is 0 Å². The van der Waals surface area contributed by atoms with Crippen molar-refractivity contribution in [3.63, 3.8) is 0 Å². The Bertz CT molecular complexity index is 560. The van der Waals surface area contributed by atoms with Crippen LogP contribution in [-0.2, 0) is 6.54 Å². The number of likely N-dealkylation sites (tertiary alicyclic amines) is 1. The Hall–Kier alpha value is -1.43. The van der Waals surface area contributed by atoms with Crippen molar-refractivity contribution in [2.45, 2.75) is 25.9 Å². The number of nitrogens with two attached hydrogens (primary N) is 1. The zero-order chi connectivity index (χ0) is 13.9. The second-order valence-corrected chi connectivity index (χ2v) is 5.49. The van der Waals surface area contributed by atoms with Gasteiger partial charge < -0.3 is 10.3 Å². The lowest BCUT2D eigenvalue weighted by atomic mass is 10.1. The summed E-state index contributed by atoms with van der Waals surface area (Å²) >= 11 is 0. The zero-order valence-corrected chi connectivity index (χ0v) is 12.9. The first-order valence-electron chi connectivity index (χ1n) is 7.08. The molecule has 0 bridgehead atoms. The number of rotatable bonds is 4. The summed E-state index contributed by atoms with van der Waals surface area (Å²) in [6, 6.07) is 10.4. The van der Waals surface area contributed by atoms with Gasteiger partial charge in [0, 0.05) is 18.2 Å². The number of hydrogen-bond acceptors (Lipinski definition) is 5. The van der Waals surface area contributed by atoms with Crippen LogP contribution in [0.2, 0.25) is 0 Å². The highest BCUT2D eigenvalue weighted by Gasteiger charge is 2.29. The molecule has 5 nitrogen and oxygen atoms in total. The third-order valence-corrected chi connectivity index (χ3v) is 3.96. The maximum atomic E-state index is 5.75. The minimum Gasteiger partial charge on any atom is -0.338 e. The van der Waals surface area contributed by atoms with Gasteiger partial charge in [-0.2, -0.15) is 4.98 Å². The number of nitrogens with zero attached hydrogens (tertiary/aromatic N) is 3. The standard InChI is InChI=1S/C15H20N4O.ClH/c1-11-7-12(8-16)9-19(11)10-14-17-15(18-20-14)13-5-3-2-4-6-13;/h2-6,11-12H,7-10,16H2,1H3;1H. The van der Waals surface area contributed by atoms with Crippen molar-refractivity contribution in [1.82, 2.24) is 15.0 Å².